The first kappa shape index (κ1) is 14.3. The molecule has 1 aromatic rings. The molecular weight excluding hydrogens is 238 g/mol. The summed E-state index contributed by atoms with van der Waals surface area (Å²) in [5.74, 6) is 1.74. The number of morpholine rings is 1. The van der Waals surface area contributed by atoms with Crippen LogP contribution in [-0.2, 0) is 11.3 Å². The molecule has 106 valence electrons. The van der Waals surface area contributed by atoms with E-state index in [1.54, 1.807) is 0 Å². The number of rotatable bonds is 5. The largest absolute Gasteiger partial charge is 0.375 e. The quantitative estimate of drug-likeness (QED) is 0.882. The van der Waals surface area contributed by atoms with Crippen molar-refractivity contribution < 1.29 is 4.74 Å². The third-order valence-electron chi connectivity index (χ3n) is 3.26. The van der Waals surface area contributed by atoms with Crippen molar-refractivity contribution in [1.82, 2.24) is 10.3 Å². The first-order valence-corrected chi connectivity index (χ1v) is 7.17. The van der Waals surface area contributed by atoms with Gasteiger partial charge in [-0.2, -0.15) is 0 Å². The van der Waals surface area contributed by atoms with Crippen LogP contribution in [0.4, 0.5) is 5.82 Å². The molecule has 1 atom stereocenters. The number of pyridine rings is 1. The summed E-state index contributed by atoms with van der Waals surface area (Å²) in [5.41, 5.74) is 1.24. The second-order valence-electron chi connectivity index (χ2n) is 5.68. The minimum absolute atomic E-state index is 0.294. The molecule has 0 aromatic carbocycles. The molecular formula is C15H25N3O. The topological polar surface area (TPSA) is 37.4 Å². The van der Waals surface area contributed by atoms with Crippen LogP contribution in [-0.4, -0.2) is 37.3 Å². The zero-order chi connectivity index (χ0) is 13.7. The van der Waals surface area contributed by atoms with Gasteiger partial charge in [-0.1, -0.05) is 19.9 Å². The molecule has 0 spiro atoms. The molecule has 1 saturated heterocycles. The van der Waals surface area contributed by atoms with E-state index in [0.717, 1.165) is 38.6 Å². The zero-order valence-corrected chi connectivity index (χ0v) is 12.2. The summed E-state index contributed by atoms with van der Waals surface area (Å²) >= 11 is 0. The monoisotopic (exact) mass is 263 g/mol. The van der Waals surface area contributed by atoms with Crippen molar-refractivity contribution in [3.8, 4) is 0 Å². The third kappa shape index (κ3) is 4.48. The predicted octanol–water partition coefficient (Wildman–Crippen LogP) is 2.05. The molecule has 2 rings (SSSR count). The highest BCUT2D eigenvalue weighted by Gasteiger charge is 2.17. The van der Waals surface area contributed by atoms with E-state index in [-0.39, 0.29) is 0 Å². The van der Waals surface area contributed by atoms with Crippen LogP contribution in [0.3, 0.4) is 0 Å². The zero-order valence-electron chi connectivity index (χ0n) is 12.2. The van der Waals surface area contributed by atoms with Crippen molar-refractivity contribution in [1.29, 1.82) is 0 Å². The molecule has 1 aliphatic rings. The SMILES string of the molecule is CC(C)CNCc1ccc(N2CCOC(C)C2)nc1. The van der Waals surface area contributed by atoms with E-state index in [0.29, 0.717) is 12.0 Å². The average molecular weight is 263 g/mol. The van der Waals surface area contributed by atoms with E-state index in [1.807, 2.05) is 6.20 Å². The van der Waals surface area contributed by atoms with E-state index in [1.165, 1.54) is 5.56 Å². The lowest BCUT2D eigenvalue weighted by Crippen LogP contribution is -2.41. The molecule has 0 saturated carbocycles. The molecule has 19 heavy (non-hydrogen) atoms. The third-order valence-corrected chi connectivity index (χ3v) is 3.26. The highest BCUT2D eigenvalue weighted by atomic mass is 16.5. The fourth-order valence-corrected chi connectivity index (χ4v) is 2.24. The van der Waals surface area contributed by atoms with Gasteiger partial charge in [0.25, 0.3) is 0 Å². The highest BCUT2D eigenvalue weighted by Crippen LogP contribution is 2.15. The molecule has 4 nitrogen and oxygen atoms in total. The molecule has 0 bridgehead atoms. The molecule has 1 unspecified atom stereocenters. The van der Waals surface area contributed by atoms with Gasteiger partial charge in [0.2, 0.25) is 0 Å². The number of hydrogen-bond acceptors (Lipinski definition) is 4. The number of anilines is 1. The Balaban J connectivity index is 1.87. The standard InChI is InChI=1S/C15H25N3O/c1-12(2)8-16-9-14-4-5-15(17-10-14)18-6-7-19-13(3)11-18/h4-5,10,12-13,16H,6-9,11H2,1-3H3. The van der Waals surface area contributed by atoms with Crippen LogP contribution in [0.25, 0.3) is 0 Å². The normalized spacial score (nSPS) is 20.0. The van der Waals surface area contributed by atoms with Crippen LogP contribution in [0.5, 0.6) is 0 Å². The number of nitrogens with zero attached hydrogens (tertiary/aromatic N) is 2. The van der Waals surface area contributed by atoms with Gasteiger partial charge >= 0.3 is 0 Å². The van der Waals surface area contributed by atoms with Crippen LogP contribution < -0.4 is 10.2 Å². The van der Waals surface area contributed by atoms with Crippen molar-refractivity contribution in [2.24, 2.45) is 5.92 Å². The molecule has 0 radical (unpaired) electrons. The Kier molecular flexibility index (Phi) is 5.16. The van der Waals surface area contributed by atoms with Gasteiger partial charge in [0.15, 0.2) is 0 Å². The summed E-state index contributed by atoms with van der Waals surface area (Å²) in [6, 6.07) is 4.28. The van der Waals surface area contributed by atoms with Crippen molar-refractivity contribution in [3.63, 3.8) is 0 Å². The molecule has 4 heteroatoms. The Hall–Kier alpha value is -1.13. The molecule has 1 aliphatic heterocycles. The second kappa shape index (κ2) is 6.87. The molecule has 0 amide bonds. The van der Waals surface area contributed by atoms with E-state index in [9.17, 15) is 0 Å². The fourth-order valence-electron chi connectivity index (χ4n) is 2.24. The van der Waals surface area contributed by atoms with Gasteiger partial charge in [-0.25, -0.2) is 4.98 Å². The first-order valence-electron chi connectivity index (χ1n) is 7.17. The summed E-state index contributed by atoms with van der Waals surface area (Å²) in [4.78, 5) is 6.86. The first-order chi connectivity index (χ1) is 9.15. The molecule has 0 aliphatic carbocycles. The van der Waals surface area contributed by atoms with Crippen molar-refractivity contribution in [2.45, 2.75) is 33.4 Å². The maximum atomic E-state index is 5.55. The predicted molar refractivity (Wildman–Crippen MR) is 78.4 cm³/mol. The fraction of sp³-hybridized carbons (Fsp3) is 0.667. The van der Waals surface area contributed by atoms with Crippen LogP contribution in [0.1, 0.15) is 26.3 Å². The second-order valence-corrected chi connectivity index (χ2v) is 5.68. The van der Waals surface area contributed by atoms with Crippen LogP contribution in [0.2, 0.25) is 0 Å². The lowest BCUT2D eigenvalue weighted by atomic mass is 10.2. The summed E-state index contributed by atoms with van der Waals surface area (Å²) in [6.07, 6.45) is 2.27. The van der Waals surface area contributed by atoms with Crippen molar-refractivity contribution in [3.05, 3.63) is 23.9 Å². The van der Waals surface area contributed by atoms with Crippen LogP contribution in [0, 0.1) is 5.92 Å². The van der Waals surface area contributed by atoms with Gasteiger partial charge in [0, 0.05) is 25.8 Å². The Morgan fingerprint density at radius 3 is 2.95 bits per heavy atom. The van der Waals surface area contributed by atoms with E-state index < -0.39 is 0 Å². The maximum absolute atomic E-state index is 5.55. The van der Waals surface area contributed by atoms with Crippen molar-refractivity contribution in [2.75, 3.05) is 31.1 Å². The Labute approximate surface area is 116 Å². The smallest absolute Gasteiger partial charge is 0.128 e. The van der Waals surface area contributed by atoms with Crippen LogP contribution in [0.15, 0.2) is 18.3 Å². The maximum Gasteiger partial charge on any atom is 0.128 e. The average Bonchev–Trinajstić information content (AvgIpc) is 2.39. The molecule has 1 N–H and O–H groups in total. The molecule has 2 heterocycles. The lowest BCUT2D eigenvalue weighted by molar-refractivity contribution is 0.0529. The van der Waals surface area contributed by atoms with E-state index >= 15 is 0 Å². The van der Waals surface area contributed by atoms with Gasteiger partial charge in [0.05, 0.1) is 12.7 Å². The van der Waals surface area contributed by atoms with Gasteiger partial charge in [-0.15, -0.1) is 0 Å². The Morgan fingerprint density at radius 1 is 1.47 bits per heavy atom. The highest BCUT2D eigenvalue weighted by molar-refractivity contribution is 5.39. The summed E-state index contributed by atoms with van der Waals surface area (Å²) < 4.78 is 5.55. The summed E-state index contributed by atoms with van der Waals surface area (Å²) in [6.45, 7) is 11.1. The molecule has 1 aromatic heterocycles. The minimum Gasteiger partial charge on any atom is -0.375 e. The summed E-state index contributed by atoms with van der Waals surface area (Å²) in [7, 11) is 0. The van der Waals surface area contributed by atoms with Gasteiger partial charge in [-0.3, -0.25) is 0 Å². The van der Waals surface area contributed by atoms with Crippen LogP contribution >= 0.6 is 0 Å². The number of aromatic nitrogens is 1. The Morgan fingerprint density at radius 2 is 2.32 bits per heavy atom. The van der Waals surface area contributed by atoms with Gasteiger partial charge in [0.1, 0.15) is 5.82 Å². The van der Waals surface area contributed by atoms with Crippen molar-refractivity contribution >= 4 is 5.82 Å². The van der Waals surface area contributed by atoms with E-state index in [4.69, 9.17) is 4.74 Å². The number of nitrogens with one attached hydrogen (secondary N) is 1. The summed E-state index contributed by atoms with van der Waals surface area (Å²) in [5, 5.41) is 3.43. The molecule has 1 fully saturated rings. The number of hydrogen-bond donors (Lipinski definition) is 1. The Bertz CT molecular complexity index is 377. The lowest BCUT2D eigenvalue weighted by Gasteiger charge is -2.32. The van der Waals surface area contributed by atoms with Gasteiger partial charge in [-0.05, 0) is 31.0 Å². The van der Waals surface area contributed by atoms with Gasteiger partial charge < -0.3 is 15.0 Å². The minimum atomic E-state index is 0.294. The number of ether oxygens (including phenoxy) is 1. The van der Waals surface area contributed by atoms with E-state index in [2.05, 4.69) is 48.1 Å².